The van der Waals surface area contributed by atoms with E-state index in [-0.39, 0.29) is 23.9 Å². The number of nitrogens with zero attached hydrogens (tertiary/aromatic N) is 2. The second-order valence-corrected chi connectivity index (χ2v) is 6.51. The minimum absolute atomic E-state index is 0.162. The van der Waals surface area contributed by atoms with Crippen LogP contribution in [0.2, 0.25) is 0 Å². The Labute approximate surface area is 120 Å². The Bertz CT molecular complexity index is 553. The highest BCUT2D eigenvalue weighted by atomic mass is 32.2. The Kier molecular flexibility index (Phi) is 5.67. The van der Waals surface area contributed by atoms with E-state index < -0.39 is 10.0 Å². The van der Waals surface area contributed by atoms with Gasteiger partial charge in [0.1, 0.15) is 0 Å². The molecule has 1 aromatic rings. The number of amides is 1. The highest BCUT2D eigenvalue weighted by Crippen LogP contribution is 2.16. The molecular formula is C13H21N3O3S. The van der Waals surface area contributed by atoms with Crippen molar-refractivity contribution in [2.45, 2.75) is 18.4 Å². The number of hydrogen-bond donors (Lipinski definition) is 1. The largest absolute Gasteiger partial charge is 0.348 e. The van der Waals surface area contributed by atoms with E-state index in [1.54, 1.807) is 33.2 Å². The van der Waals surface area contributed by atoms with E-state index in [9.17, 15) is 13.2 Å². The summed E-state index contributed by atoms with van der Waals surface area (Å²) in [6.45, 7) is 2.14. The molecule has 1 aromatic carbocycles. The second kappa shape index (κ2) is 6.83. The first-order valence-electron chi connectivity index (χ1n) is 6.32. The van der Waals surface area contributed by atoms with E-state index in [1.807, 2.05) is 0 Å². The second-order valence-electron chi connectivity index (χ2n) is 4.57. The van der Waals surface area contributed by atoms with Crippen LogP contribution in [0.15, 0.2) is 29.2 Å². The van der Waals surface area contributed by atoms with Gasteiger partial charge in [-0.05, 0) is 17.7 Å². The van der Waals surface area contributed by atoms with Gasteiger partial charge in [0.15, 0.2) is 0 Å². The molecule has 0 spiro atoms. The maximum atomic E-state index is 12.4. The average molecular weight is 299 g/mol. The van der Waals surface area contributed by atoms with Crippen LogP contribution in [0, 0.1) is 0 Å². The monoisotopic (exact) mass is 299 g/mol. The fraction of sp³-hybridized carbons (Fsp3) is 0.462. The van der Waals surface area contributed by atoms with E-state index in [2.05, 4.69) is 0 Å². The van der Waals surface area contributed by atoms with Crippen molar-refractivity contribution in [3.8, 4) is 0 Å². The van der Waals surface area contributed by atoms with Crippen molar-refractivity contribution >= 4 is 15.9 Å². The maximum Gasteiger partial charge on any atom is 0.243 e. The maximum absolute atomic E-state index is 12.4. The van der Waals surface area contributed by atoms with Crippen LogP contribution in [0.4, 0.5) is 0 Å². The number of benzene rings is 1. The van der Waals surface area contributed by atoms with Gasteiger partial charge >= 0.3 is 0 Å². The number of carbonyl (C=O) groups is 1. The normalized spacial score (nSPS) is 11.7. The number of likely N-dealkylation sites (N-methyl/N-ethyl adjacent to an activating group) is 2. The van der Waals surface area contributed by atoms with Crippen LogP contribution in [0.5, 0.6) is 0 Å². The fourth-order valence-electron chi connectivity index (χ4n) is 1.61. The van der Waals surface area contributed by atoms with Gasteiger partial charge in [0.05, 0.1) is 11.4 Å². The molecule has 0 aliphatic heterocycles. The zero-order valence-corrected chi connectivity index (χ0v) is 12.9. The third kappa shape index (κ3) is 3.78. The molecule has 0 heterocycles. The molecule has 20 heavy (non-hydrogen) atoms. The lowest BCUT2D eigenvalue weighted by Gasteiger charge is -2.21. The third-order valence-electron chi connectivity index (χ3n) is 2.96. The molecule has 112 valence electrons. The Balaban J connectivity index is 3.02. The average Bonchev–Trinajstić information content (AvgIpc) is 2.44. The molecule has 1 amide bonds. The van der Waals surface area contributed by atoms with E-state index in [1.165, 1.54) is 17.0 Å². The van der Waals surface area contributed by atoms with Gasteiger partial charge in [0.25, 0.3) is 0 Å². The van der Waals surface area contributed by atoms with Crippen molar-refractivity contribution in [3.63, 3.8) is 0 Å². The molecule has 0 fully saturated rings. The van der Waals surface area contributed by atoms with Gasteiger partial charge in [-0.25, -0.2) is 8.42 Å². The molecule has 7 heteroatoms. The predicted molar refractivity (Wildman–Crippen MR) is 77.5 cm³/mol. The topological polar surface area (TPSA) is 83.7 Å². The van der Waals surface area contributed by atoms with Crippen LogP contribution < -0.4 is 5.73 Å². The summed E-state index contributed by atoms with van der Waals surface area (Å²) in [4.78, 5) is 13.2. The van der Waals surface area contributed by atoms with E-state index in [0.717, 1.165) is 9.87 Å². The Hall–Kier alpha value is -1.44. The quantitative estimate of drug-likeness (QED) is 0.816. The summed E-state index contributed by atoms with van der Waals surface area (Å²) in [5.41, 5.74) is 6.34. The summed E-state index contributed by atoms with van der Waals surface area (Å²) < 4.78 is 26.0. The molecule has 6 nitrogen and oxygen atoms in total. The lowest BCUT2D eigenvalue weighted by molar-refractivity contribution is -0.128. The van der Waals surface area contributed by atoms with Crippen LogP contribution in [-0.2, 0) is 21.4 Å². The number of nitrogens with two attached hydrogens (primary N) is 1. The summed E-state index contributed by atoms with van der Waals surface area (Å²) in [5.74, 6) is -0.256. The molecule has 0 atom stereocenters. The minimum Gasteiger partial charge on any atom is -0.348 e. The molecule has 1 rings (SSSR count). The van der Waals surface area contributed by atoms with Crippen molar-refractivity contribution in [1.82, 2.24) is 9.21 Å². The number of rotatable bonds is 6. The van der Waals surface area contributed by atoms with Gasteiger partial charge in [-0.3, -0.25) is 4.79 Å². The van der Waals surface area contributed by atoms with Crippen LogP contribution in [0.3, 0.4) is 0 Å². The zero-order valence-electron chi connectivity index (χ0n) is 12.0. The van der Waals surface area contributed by atoms with Gasteiger partial charge in [0, 0.05) is 27.2 Å². The van der Waals surface area contributed by atoms with E-state index in [0.29, 0.717) is 6.54 Å². The standard InChI is InChI=1S/C13H21N3O3S/c1-4-16(10-13(17)15(2)3)20(18,19)12-7-5-11(9-14)6-8-12/h5-8H,4,9-10,14H2,1-3H3. The van der Waals surface area contributed by atoms with Crippen molar-refractivity contribution in [1.29, 1.82) is 0 Å². The highest BCUT2D eigenvalue weighted by molar-refractivity contribution is 7.89. The smallest absolute Gasteiger partial charge is 0.243 e. The van der Waals surface area contributed by atoms with Crippen molar-refractivity contribution in [3.05, 3.63) is 29.8 Å². The Morgan fingerprint density at radius 3 is 2.15 bits per heavy atom. The first kappa shape index (κ1) is 16.6. The summed E-state index contributed by atoms with van der Waals surface area (Å²) in [6.07, 6.45) is 0. The number of sulfonamides is 1. The molecule has 0 saturated heterocycles. The summed E-state index contributed by atoms with van der Waals surface area (Å²) in [6, 6.07) is 6.38. The summed E-state index contributed by atoms with van der Waals surface area (Å²) in [5, 5.41) is 0. The minimum atomic E-state index is -3.66. The number of carbonyl (C=O) groups excluding carboxylic acids is 1. The molecule has 0 saturated carbocycles. The van der Waals surface area contributed by atoms with Gasteiger partial charge in [-0.15, -0.1) is 0 Å². The van der Waals surface area contributed by atoms with E-state index in [4.69, 9.17) is 5.73 Å². The third-order valence-corrected chi connectivity index (χ3v) is 4.89. The molecule has 0 aliphatic rings. The lowest BCUT2D eigenvalue weighted by Crippen LogP contribution is -2.40. The Morgan fingerprint density at radius 1 is 1.20 bits per heavy atom. The van der Waals surface area contributed by atoms with Crippen LogP contribution in [0.25, 0.3) is 0 Å². The molecule has 0 unspecified atom stereocenters. The van der Waals surface area contributed by atoms with E-state index >= 15 is 0 Å². The molecular weight excluding hydrogens is 278 g/mol. The molecule has 2 N–H and O–H groups in total. The summed E-state index contributed by atoms with van der Waals surface area (Å²) >= 11 is 0. The predicted octanol–water partition coefficient (Wildman–Crippen LogP) is 0.244. The first-order valence-corrected chi connectivity index (χ1v) is 7.76. The van der Waals surface area contributed by atoms with Crippen LogP contribution in [0.1, 0.15) is 12.5 Å². The van der Waals surface area contributed by atoms with Crippen molar-refractivity contribution in [2.24, 2.45) is 5.73 Å². The zero-order chi connectivity index (χ0) is 15.3. The summed E-state index contributed by atoms with van der Waals surface area (Å²) in [7, 11) is -0.468. The van der Waals surface area contributed by atoms with Gasteiger partial charge in [0.2, 0.25) is 15.9 Å². The molecule has 0 aromatic heterocycles. The SMILES string of the molecule is CCN(CC(=O)N(C)C)S(=O)(=O)c1ccc(CN)cc1. The number of hydrogen-bond acceptors (Lipinski definition) is 4. The fourth-order valence-corrected chi connectivity index (χ4v) is 3.00. The first-order chi connectivity index (χ1) is 9.32. The van der Waals surface area contributed by atoms with Gasteiger partial charge in [-0.1, -0.05) is 19.1 Å². The van der Waals surface area contributed by atoms with Crippen LogP contribution in [-0.4, -0.2) is 50.7 Å². The lowest BCUT2D eigenvalue weighted by atomic mass is 10.2. The highest BCUT2D eigenvalue weighted by Gasteiger charge is 2.25. The molecule has 0 bridgehead atoms. The van der Waals surface area contributed by atoms with Crippen molar-refractivity contribution < 1.29 is 13.2 Å². The molecule has 0 aliphatic carbocycles. The molecule has 0 radical (unpaired) electrons. The van der Waals surface area contributed by atoms with Crippen molar-refractivity contribution in [2.75, 3.05) is 27.2 Å². The Morgan fingerprint density at radius 2 is 1.75 bits per heavy atom. The van der Waals surface area contributed by atoms with Gasteiger partial charge in [-0.2, -0.15) is 4.31 Å². The van der Waals surface area contributed by atoms with Crippen LogP contribution >= 0.6 is 0 Å². The van der Waals surface area contributed by atoms with Gasteiger partial charge < -0.3 is 10.6 Å².